The molecular weight excluding hydrogens is 180 g/mol. The van der Waals surface area contributed by atoms with Gasteiger partial charge < -0.3 is 0 Å². The lowest BCUT2D eigenvalue weighted by Crippen LogP contribution is -1.81. The van der Waals surface area contributed by atoms with E-state index in [1.807, 2.05) is 0 Å². The summed E-state index contributed by atoms with van der Waals surface area (Å²) in [5, 5.41) is 0. The predicted molar refractivity (Wildman–Crippen MR) is 68.0 cm³/mol. The van der Waals surface area contributed by atoms with Crippen molar-refractivity contribution >= 4 is 0 Å². The molecule has 15 heavy (non-hydrogen) atoms. The number of benzene rings is 1. The minimum atomic E-state index is 1.17. The Morgan fingerprint density at radius 1 is 0.933 bits per heavy atom. The van der Waals surface area contributed by atoms with Crippen molar-refractivity contribution in [3.05, 3.63) is 48.0 Å². The molecule has 0 unspecified atom stereocenters. The molecule has 0 saturated heterocycles. The second-order valence-corrected chi connectivity index (χ2v) is 3.99. The van der Waals surface area contributed by atoms with Gasteiger partial charge in [0, 0.05) is 0 Å². The first-order valence-corrected chi connectivity index (χ1v) is 6.12. The Bertz CT molecular complexity index is 259. The summed E-state index contributed by atoms with van der Waals surface area (Å²) in [6.45, 7) is 2.25. The van der Waals surface area contributed by atoms with Gasteiger partial charge in [-0.3, -0.25) is 0 Å². The van der Waals surface area contributed by atoms with E-state index in [0.29, 0.717) is 0 Å². The van der Waals surface area contributed by atoms with Crippen LogP contribution in [-0.2, 0) is 6.42 Å². The van der Waals surface area contributed by atoms with Crippen molar-refractivity contribution in [1.82, 2.24) is 0 Å². The maximum absolute atomic E-state index is 2.33. The summed E-state index contributed by atoms with van der Waals surface area (Å²) in [5.74, 6) is 0. The van der Waals surface area contributed by atoms with Gasteiger partial charge in [0.25, 0.3) is 0 Å². The molecule has 0 heterocycles. The van der Waals surface area contributed by atoms with Gasteiger partial charge in [0.2, 0.25) is 0 Å². The Balaban J connectivity index is 2.06. The van der Waals surface area contributed by atoms with Gasteiger partial charge in [-0.15, -0.1) is 0 Å². The number of rotatable bonds is 7. The fourth-order valence-corrected chi connectivity index (χ4v) is 1.64. The van der Waals surface area contributed by atoms with Gasteiger partial charge in [-0.25, -0.2) is 0 Å². The Kier molecular flexibility index (Phi) is 6.64. The average Bonchev–Trinajstić information content (AvgIpc) is 2.29. The molecule has 0 N–H and O–H groups in total. The van der Waals surface area contributed by atoms with Crippen molar-refractivity contribution < 1.29 is 0 Å². The molecule has 0 heteroatoms. The first-order valence-electron chi connectivity index (χ1n) is 6.12. The molecule has 0 fully saturated rings. The highest BCUT2D eigenvalue weighted by molar-refractivity contribution is 5.15. The molecular formula is C15H22. The highest BCUT2D eigenvalue weighted by Gasteiger charge is 1.88. The molecule has 0 aliphatic heterocycles. The zero-order valence-electron chi connectivity index (χ0n) is 9.78. The van der Waals surface area contributed by atoms with Crippen LogP contribution in [0.5, 0.6) is 0 Å². The first-order chi connectivity index (χ1) is 7.43. The van der Waals surface area contributed by atoms with Crippen molar-refractivity contribution in [2.75, 3.05) is 0 Å². The topological polar surface area (TPSA) is 0 Å². The van der Waals surface area contributed by atoms with Gasteiger partial charge >= 0.3 is 0 Å². The lowest BCUT2D eigenvalue weighted by Gasteiger charge is -1.96. The van der Waals surface area contributed by atoms with Gasteiger partial charge in [-0.05, 0) is 31.2 Å². The fourth-order valence-electron chi connectivity index (χ4n) is 1.64. The first kappa shape index (κ1) is 12.0. The van der Waals surface area contributed by atoms with E-state index in [-0.39, 0.29) is 0 Å². The summed E-state index contributed by atoms with van der Waals surface area (Å²) >= 11 is 0. The van der Waals surface area contributed by atoms with Crippen LogP contribution in [0.1, 0.15) is 44.6 Å². The minimum absolute atomic E-state index is 1.17. The Morgan fingerprint density at radius 2 is 1.67 bits per heavy atom. The molecule has 0 nitrogen and oxygen atoms in total. The van der Waals surface area contributed by atoms with E-state index in [2.05, 4.69) is 49.4 Å². The predicted octanol–water partition coefficient (Wildman–Crippen LogP) is 4.76. The molecule has 0 atom stereocenters. The van der Waals surface area contributed by atoms with Crippen LogP contribution in [0.2, 0.25) is 0 Å². The minimum Gasteiger partial charge on any atom is -0.0885 e. The highest BCUT2D eigenvalue weighted by Crippen LogP contribution is 2.04. The van der Waals surface area contributed by atoms with Crippen LogP contribution in [0.15, 0.2) is 42.5 Å². The molecule has 0 saturated carbocycles. The third-order valence-electron chi connectivity index (χ3n) is 2.58. The van der Waals surface area contributed by atoms with Gasteiger partial charge in [0.15, 0.2) is 0 Å². The van der Waals surface area contributed by atoms with Crippen molar-refractivity contribution in [2.45, 2.75) is 45.4 Å². The number of aryl methyl sites for hydroxylation is 1. The monoisotopic (exact) mass is 202 g/mol. The number of unbranched alkanes of at least 4 members (excludes halogenated alkanes) is 3. The zero-order chi connectivity index (χ0) is 10.8. The molecule has 0 radical (unpaired) electrons. The molecule has 0 aliphatic carbocycles. The van der Waals surface area contributed by atoms with Crippen molar-refractivity contribution in [1.29, 1.82) is 0 Å². The number of hydrogen-bond donors (Lipinski definition) is 0. The average molecular weight is 202 g/mol. The van der Waals surface area contributed by atoms with Crippen LogP contribution in [0.4, 0.5) is 0 Å². The smallest absolute Gasteiger partial charge is 0.0244 e. The van der Waals surface area contributed by atoms with Crippen molar-refractivity contribution in [3.8, 4) is 0 Å². The molecule has 0 amide bonds. The third-order valence-corrected chi connectivity index (χ3v) is 2.58. The van der Waals surface area contributed by atoms with Crippen molar-refractivity contribution in [2.24, 2.45) is 0 Å². The van der Waals surface area contributed by atoms with Crippen LogP contribution in [0.25, 0.3) is 0 Å². The third kappa shape index (κ3) is 6.11. The lowest BCUT2D eigenvalue weighted by atomic mass is 10.1. The number of hydrogen-bond acceptors (Lipinski definition) is 0. The van der Waals surface area contributed by atoms with E-state index in [4.69, 9.17) is 0 Å². The van der Waals surface area contributed by atoms with Crippen molar-refractivity contribution in [3.63, 3.8) is 0 Å². The zero-order valence-corrected chi connectivity index (χ0v) is 9.78. The second-order valence-electron chi connectivity index (χ2n) is 3.99. The summed E-state index contributed by atoms with van der Waals surface area (Å²) in [6, 6.07) is 10.7. The van der Waals surface area contributed by atoms with Crippen LogP contribution in [0, 0.1) is 0 Å². The van der Waals surface area contributed by atoms with E-state index in [9.17, 15) is 0 Å². The SMILES string of the molecule is CCCCC/C=C\CCc1ccccc1. The summed E-state index contributed by atoms with van der Waals surface area (Å²) in [6.07, 6.45) is 12.3. The standard InChI is InChI=1S/C15H22/c1-2-3-4-5-6-7-9-12-15-13-10-8-11-14-15/h6-8,10-11,13-14H,2-5,9,12H2,1H3/b7-6-. The van der Waals surface area contributed by atoms with Crippen LogP contribution >= 0.6 is 0 Å². The summed E-state index contributed by atoms with van der Waals surface area (Å²) in [4.78, 5) is 0. The normalized spacial score (nSPS) is 11.0. The number of allylic oxidation sites excluding steroid dienone is 2. The van der Waals surface area contributed by atoms with E-state index in [0.717, 1.165) is 0 Å². The Labute approximate surface area is 94.0 Å². The molecule has 0 aliphatic rings. The van der Waals surface area contributed by atoms with Crippen LogP contribution in [0.3, 0.4) is 0 Å². The van der Waals surface area contributed by atoms with Crippen LogP contribution < -0.4 is 0 Å². The highest BCUT2D eigenvalue weighted by atomic mass is 13.9. The van der Waals surface area contributed by atoms with E-state index in [1.54, 1.807) is 0 Å². The quantitative estimate of drug-likeness (QED) is 0.442. The Hall–Kier alpha value is -1.04. The molecule has 1 aromatic rings. The second kappa shape index (κ2) is 8.28. The summed E-state index contributed by atoms with van der Waals surface area (Å²) in [7, 11) is 0. The lowest BCUT2D eigenvalue weighted by molar-refractivity contribution is 0.728. The van der Waals surface area contributed by atoms with Gasteiger partial charge in [-0.2, -0.15) is 0 Å². The molecule has 0 aromatic heterocycles. The summed E-state index contributed by atoms with van der Waals surface area (Å²) < 4.78 is 0. The van der Waals surface area contributed by atoms with E-state index >= 15 is 0 Å². The van der Waals surface area contributed by atoms with E-state index in [1.165, 1.54) is 44.1 Å². The molecule has 82 valence electrons. The largest absolute Gasteiger partial charge is 0.0885 e. The van der Waals surface area contributed by atoms with Gasteiger partial charge in [0.05, 0.1) is 0 Å². The molecule has 1 aromatic carbocycles. The fraction of sp³-hybridized carbons (Fsp3) is 0.467. The van der Waals surface area contributed by atoms with E-state index < -0.39 is 0 Å². The van der Waals surface area contributed by atoms with Gasteiger partial charge in [0.1, 0.15) is 0 Å². The molecule has 0 spiro atoms. The van der Waals surface area contributed by atoms with Gasteiger partial charge in [-0.1, -0.05) is 62.2 Å². The Morgan fingerprint density at radius 3 is 2.40 bits per heavy atom. The maximum atomic E-state index is 2.33. The maximum Gasteiger partial charge on any atom is -0.0244 e. The van der Waals surface area contributed by atoms with Crippen LogP contribution in [-0.4, -0.2) is 0 Å². The molecule has 0 bridgehead atoms. The summed E-state index contributed by atoms with van der Waals surface area (Å²) in [5.41, 5.74) is 1.44. The molecule has 1 rings (SSSR count).